The summed E-state index contributed by atoms with van der Waals surface area (Å²) in [7, 11) is 1.91. The van der Waals surface area contributed by atoms with Crippen molar-refractivity contribution < 1.29 is 5.11 Å². The summed E-state index contributed by atoms with van der Waals surface area (Å²) in [6.07, 6.45) is 1.80. The maximum atomic E-state index is 9.00. The van der Waals surface area contributed by atoms with Crippen LogP contribution in [0.25, 0.3) is 0 Å². The van der Waals surface area contributed by atoms with Gasteiger partial charge in [0.05, 0.1) is 12.3 Å². The number of nitrogens with one attached hydrogen (secondary N) is 1. The molecule has 0 aliphatic carbocycles. The van der Waals surface area contributed by atoms with E-state index in [0.29, 0.717) is 13.1 Å². The van der Waals surface area contributed by atoms with Gasteiger partial charge in [0.25, 0.3) is 0 Å². The molecule has 3 nitrogen and oxygen atoms in total. The van der Waals surface area contributed by atoms with Crippen molar-refractivity contribution in [2.75, 3.05) is 13.6 Å². The van der Waals surface area contributed by atoms with Crippen LogP contribution < -0.4 is 0 Å². The molecule has 0 saturated heterocycles. The number of aliphatic hydroxyl groups excluding tert-OH is 1. The highest BCUT2D eigenvalue weighted by Crippen LogP contribution is 2.04. The Labute approximate surface area is 88.7 Å². The zero-order valence-electron chi connectivity index (χ0n) is 8.16. The number of aromatic nitrogens is 1. The summed E-state index contributed by atoms with van der Waals surface area (Å²) in [5.74, 6) is 0.165. The van der Waals surface area contributed by atoms with Crippen LogP contribution in [0.5, 0.6) is 0 Å². The number of aliphatic hydroxyl groups is 1. The zero-order chi connectivity index (χ0) is 10.6. The first-order valence-corrected chi connectivity index (χ1v) is 4.72. The predicted molar refractivity (Wildman–Crippen MR) is 59.7 cm³/mol. The van der Waals surface area contributed by atoms with E-state index in [1.54, 1.807) is 6.20 Å². The zero-order valence-corrected chi connectivity index (χ0v) is 8.97. The van der Waals surface area contributed by atoms with E-state index < -0.39 is 0 Å². The number of hydrogen-bond donors (Lipinski definition) is 2. The van der Waals surface area contributed by atoms with E-state index in [4.69, 9.17) is 17.3 Å². The molecule has 0 aromatic carbocycles. The van der Waals surface area contributed by atoms with Gasteiger partial charge in [0.15, 0.2) is 0 Å². The molecule has 14 heavy (non-hydrogen) atoms. The van der Waals surface area contributed by atoms with Crippen LogP contribution in [0.4, 0.5) is 0 Å². The van der Waals surface area contributed by atoms with Gasteiger partial charge in [-0.15, -0.1) is 0 Å². The molecule has 0 unspecified atom stereocenters. The van der Waals surface area contributed by atoms with E-state index in [1.165, 1.54) is 0 Å². The van der Waals surface area contributed by atoms with Crippen LogP contribution in [0.15, 0.2) is 30.7 Å². The number of hydrogen-bond acceptors (Lipinski definition) is 3. The van der Waals surface area contributed by atoms with Gasteiger partial charge in [0, 0.05) is 18.3 Å². The Morgan fingerprint density at radius 2 is 2.43 bits per heavy atom. The van der Waals surface area contributed by atoms with Crippen molar-refractivity contribution in [3.05, 3.63) is 40.9 Å². The summed E-state index contributed by atoms with van der Waals surface area (Å²) in [4.78, 5) is 4.91. The van der Waals surface area contributed by atoms with Crippen LogP contribution in [0, 0.1) is 4.64 Å². The van der Waals surface area contributed by atoms with Crippen molar-refractivity contribution in [1.82, 2.24) is 9.88 Å². The van der Waals surface area contributed by atoms with Crippen molar-refractivity contribution in [3.8, 4) is 0 Å². The van der Waals surface area contributed by atoms with E-state index >= 15 is 0 Å². The number of likely N-dealkylation sites (N-methyl/N-ethyl adjacent to an activating group) is 1. The minimum Gasteiger partial charge on any atom is -0.512 e. The minimum atomic E-state index is 0.165. The molecule has 0 atom stereocenters. The Hall–Kier alpha value is -1.13. The fraction of sp³-hybridized carbons (Fsp3) is 0.300. The molecule has 0 fully saturated rings. The van der Waals surface area contributed by atoms with Gasteiger partial charge in [-0.1, -0.05) is 24.9 Å². The topological polar surface area (TPSA) is 39.3 Å². The highest BCUT2D eigenvalue weighted by atomic mass is 32.1. The second-order valence-corrected chi connectivity index (χ2v) is 3.67. The first-order chi connectivity index (χ1) is 6.59. The lowest BCUT2D eigenvalue weighted by Gasteiger charge is -2.15. The summed E-state index contributed by atoms with van der Waals surface area (Å²) >= 11 is 5.12. The second-order valence-electron chi connectivity index (χ2n) is 3.26. The van der Waals surface area contributed by atoms with Gasteiger partial charge in [-0.2, -0.15) is 0 Å². The van der Waals surface area contributed by atoms with Crippen molar-refractivity contribution >= 4 is 12.2 Å². The maximum absolute atomic E-state index is 9.00. The fourth-order valence-electron chi connectivity index (χ4n) is 1.24. The van der Waals surface area contributed by atoms with Crippen LogP contribution in [0.1, 0.15) is 5.56 Å². The predicted octanol–water partition coefficient (Wildman–Crippen LogP) is 2.25. The van der Waals surface area contributed by atoms with Gasteiger partial charge in [-0.3, -0.25) is 4.90 Å². The average molecular weight is 210 g/mol. The number of H-pyrrole nitrogens is 1. The van der Waals surface area contributed by atoms with Gasteiger partial charge in [0.2, 0.25) is 0 Å². The van der Waals surface area contributed by atoms with Crippen molar-refractivity contribution in [2.24, 2.45) is 0 Å². The van der Waals surface area contributed by atoms with Crippen LogP contribution in [-0.4, -0.2) is 28.6 Å². The number of nitrogens with zero attached hydrogens (tertiary/aromatic N) is 1. The quantitative estimate of drug-likeness (QED) is 0.591. The summed E-state index contributed by atoms with van der Waals surface area (Å²) in [6, 6.07) is 3.88. The molecule has 4 heteroatoms. The molecule has 0 aliphatic rings. The molecule has 1 aromatic rings. The molecule has 0 aliphatic heterocycles. The molecule has 76 valence electrons. The largest absolute Gasteiger partial charge is 0.512 e. The Morgan fingerprint density at radius 1 is 1.71 bits per heavy atom. The Balaban J connectivity index is 2.65. The molecule has 1 heterocycles. The number of pyridine rings is 1. The van der Waals surface area contributed by atoms with Crippen LogP contribution in [-0.2, 0) is 6.54 Å². The van der Waals surface area contributed by atoms with E-state index in [9.17, 15) is 0 Å². The van der Waals surface area contributed by atoms with Crippen molar-refractivity contribution in [1.29, 1.82) is 0 Å². The van der Waals surface area contributed by atoms with E-state index in [-0.39, 0.29) is 5.76 Å². The third-order valence-corrected chi connectivity index (χ3v) is 2.17. The molecule has 0 saturated carbocycles. The lowest BCUT2D eigenvalue weighted by atomic mass is 10.2. The monoisotopic (exact) mass is 210 g/mol. The minimum absolute atomic E-state index is 0.165. The summed E-state index contributed by atoms with van der Waals surface area (Å²) < 4.78 is 0.739. The SMILES string of the molecule is C=C(O)CN(C)Cc1ccc[nH]c1=S. The summed E-state index contributed by atoms with van der Waals surface area (Å²) in [5.41, 5.74) is 1.05. The maximum Gasteiger partial charge on any atom is 0.107 e. The van der Waals surface area contributed by atoms with E-state index in [2.05, 4.69) is 11.6 Å². The van der Waals surface area contributed by atoms with Crippen molar-refractivity contribution in [3.63, 3.8) is 0 Å². The molecule has 0 amide bonds. The van der Waals surface area contributed by atoms with E-state index in [1.807, 2.05) is 24.1 Å². The van der Waals surface area contributed by atoms with Crippen LogP contribution in [0.3, 0.4) is 0 Å². The Kier molecular flexibility index (Phi) is 3.85. The summed E-state index contributed by atoms with van der Waals surface area (Å²) in [6.45, 7) is 4.61. The van der Waals surface area contributed by atoms with Gasteiger partial charge < -0.3 is 10.1 Å². The lowest BCUT2D eigenvalue weighted by molar-refractivity contribution is 0.285. The number of rotatable bonds is 4. The molecule has 1 rings (SSSR count). The molecule has 0 bridgehead atoms. The van der Waals surface area contributed by atoms with E-state index in [0.717, 1.165) is 10.2 Å². The average Bonchev–Trinajstić information content (AvgIpc) is 2.07. The van der Waals surface area contributed by atoms with Crippen LogP contribution in [0.2, 0.25) is 0 Å². The molecule has 0 spiro atoms. The second kappa shape index (κ2) is 4.93. The highest BCUT2D eigenvalue weighted by Gasteiger charge is 2.02. The lowest BCUT2D eigenvalue weighted by Crippen LogP contribution is -2.20. The first kappa shape index (κ1) is 10.9. The molecular formula is C10H14N2OS. The van der Waals surface area contributed by atoms with Gasteiger partial charge in [-0.05, 0) is 13.1 Å². The third-order valence-electron chi connectivity index (χ3n) is 1.79. The molecule has 0 radical (unpaired) electrons. The van der Waals surface area contributed by atoms with Gasteiger partial charge >= 0.3 is 0 Å². The van der Waals surface area contributed by atoms with Crippen molar-refractivity contribution in [2.45, 2.75) is 6.54 Å². The fourth-order valence-corrected chi connectivity index (χ4v) is 1.44. The first-order valence-electron chi connectivity index (χ1n) is 4.31. The van der Waals surface area contributed by atoms with Gasteiger partial charge in [0.1, 0.15) is 4.64 Å². The standard InChI is InChI=1S/C10H14N2OS/c1-8(13)6-12(2)7-9-4-3-5-11-10(9)14/h3-5,13H,1,6-7H2,2H3,(H,11,14). The number of aromatic amines is 1. The van der Waals surface area contributed by atoms with Gasteiger partial charge in [-0.25, -0.2) is 0 Å². The Morgan fingerprint density at radius 3 is 3.00 bits per heavy atom. The third kappa shape index (κ3) is 3.32. The molecule has 2 N–H and O–H groups in total. The van der Waals surface area contributed by atoms with Crippen LogP contribution >= 0.6 is 12.2 Å². The summed E-state index contributed by atoms with van der Waals surface area (Å²) in [5, 5.41) is 9.00. The smallest absolute Gasteiger partial charge is 0.107 e. The molecular weight excluding hydrogens is 196 g/mol. The Bertz CT molecular complexity index is 372. The normalized spacial score (nSPS) is 10.4. The molecule has 1 aromatic heterocycles. The highest BCUT2D eigenvalue weighted by molar-refractivity contribution is 7.71.